The van der Waals surface area contributed by atoms with Crippen LogP contribution in [0.4, 0.5) is 5.82 Å². The smallest absolute Gasteiger partial charge is 0.163 e. The molecule has 2 heterocycles. The van der Waals surface area contributed by atoms with E-state index in [0.717, 1.165) is 29.9 Å². The zero-order valence-corrected chi connectivity index (χ0v) is 10.3. The summed E-state index contributed by atoms with van der Waals surface area (Å²) >= 11 is 0. The van der Waals surface area contributed by atoms with Crippen LogP contribution in [0.15, 0.2) is 12.5 Å². The molecule has 0 amide bonds. The van der Waals surface area contributed by atoms with Crippen LogP contribution in [0.2, 0.25) is 0 Å². The van der Waals surface area contributed by atoms with Crippen LogP contribution in [0.25, 0.3) is 11.0 Å². The predicted octanol–water partition coefficient (Wildman–Crippen LogP) is 0.631. The number of fused-ring (bicyclic) bond motifs is 1. The van der Waals surface area contributed by atoms with E-state index in [4.69, 9.17) is 5.73 Å². The Morgan fingerprint density at radius 1 is 1.29 bits per heavy atom. The van der Waals surface area contributed by atoms with Crippen molar-refractivity contribution in [3.63, 3.8) is 0 Å². The van der Waals surface area contributed by atoms with Crippen molar-refractivity contribution in [3.05, 3.63) is 12.5 Å². The molecule has 0 aliphatic rings. The van der Waals surface area contributed by atoms with E-state index in [1.807, 2.05) is 10.9 Å². The van der Waals surface area contributed by atoms with Gasteiger partial charge in [-0.3, -0.25) is 0 Å². The number of nitrogens with two attached hydrogens (primary N) is 1. The normalized spacial score (nSPS) is 11.0. The van der Waals surface area contributed by atoms with Gasteiger partial charge in [-0.25, -0.2) is 14.6 Å². The minimum Gasteiger partial charge on any atom is -0.356 e. The Bertz CT molecular complexity index is 488. The Balaban J connectivity index is 2.51. The van der Waals surface area contributed by atoms with Crippen LogP contribution >= 0.6 is 0 Å². The fourth-order valence-electron chi connectivity index (χ4n) is 1.94. The summed E-state index contributed by atoms with van der Waals surface area (Å²) in [6.07, 6.45) is 3.41. The average Bonchev–Trinajstić information content (AvgIpc) is 2.76. The third kappa shape index (κ3) is 2.08. The highest BCUT2D eigenvalue weighted by molar-refractivity contribution is 5.86. The molecule has 0 aliphatic heterocycles. The van der Waals surface area contributed by atoms with Crippen LogP contribution in [-0.2, 0) is 6.54 Å². The van der Waals surface area contributed by atoms with E-state index in [2.05, 4.69) is 33.8 Å². The van der Waals surface area contributed by atoms with E-state index in [1.165, 1.54) is 0 Å². The topological polar surface area (TPSA) is 72.9 Å². The van der Waals surface area contributed by atoms with Gasteiger partial charge < -0.3 is 10.6 Å². The van der Waals surface area contributed by atoms with Crippen LogP contribution < -0.4 is 10.6 Å². The fraction of sp³-hybridized carbons (Fsp3) is 0.545. The molecule has 0 spiro atoms. The number of aromatic nitrogens is 4. The van der Waals surface area contributed by atoms with Gasteiger partial charge in [-0.2, -0.15) is 5.10 Å². The van der Waals surface area contributed by atoms with Crippen LogP contribution in [0.1, 0.15) is 13.8 Å². The first-order valence-corrected chi connectivity index (χ1v) is 5.93. The molecule has 2 N–H and O–H groups in total. The SMILES string of the molecule is CCN(CC)c1ncnc2c1cnn2CCN. The molecule has 0 aliphatic carbocycles. The second kappa shape index (κ2) is 5.09. The molecule has 2 aromatic heterocycles. The Hall–Kier alpha value is -1.69. The summed E-state index contributed by atoms with van der Waals surface area (Å²) in [5.41, 5.74) is 6.40. The molecular formula is C11H18N6. The molecule has 0 aromatic carbocycles. The first-order valence-electron chi connectivity index (χ1n) is 5.93. The van der Waals surface area contributed by atoms with E-state index in [0.29, 0.717) is 13.1 Å². The van der Waals surface area contributed by atoms with Crippen molar-refractivity contribution in [2.24, 2.45) is 5.73 Å². The summed E-state index contributed by atoms with van der Waals surface area (Å²) in [5.74, 6) is 0.947. The van der Waals surface area contributed by atoms with Gasteiger partial charge in [0.2, 0.25) is 0 Å². The quantitative estimate of drug-likeness (QED) is 0.821. The Labute approximate surface area is 100 Å². The van der Waals surface area contributed by atoms with Gasteiger partial charge in [0.25, 0.3) is 0 Å². The maximum absolute atomic E-state index is 5.55. The molecule has 0 saturated heterocycles. The third-order valence-corrected chi connectivity index (χ3v) is 2.82. The van der Waals surface area contributed by atoms with Crippen molar-refractivity contribution in [2.45, 2.75) is 20.4 Å². The van der Waals surface area contributed by atoms with E-state index >= 15 is 0 Å². The van der Waals surface area contributed by atoms with E-state index in [1.54, 1.807) is 6.33 Å². The van der Waals surface area contributed by atoms with Crippen LogP contribution in [0.3, 0.4) is 0 Å². The van der Waals surface area contributed by atoms with Crippen LogP contribution in [-0.4, -0.2) is 39.4 Å². The molecule has 92 valence electrons. The lowest BCUT2D eigenvalue weighted by Gasteiger charge is -2.19. The van der Waals surface area contributed by atoms with Gasteiger partial charge in [-0.1, -0.05) is 0 Å². The van der Waals surface area contributed by atoms with Crippen molar-refractivity contribution in [1.82, 2.24) is 19.7 Å². The highest BCUT2D eigenvalue weighted by atomic mass is 15.3. The molecule has 2 rings (SSSR count). The molecule has 0 fully saturated rings. The molecule has 6 nitrogen and oxygen atoms in total. The molecule has 0 atom stereocenters. The standard InChI is InChI=1S/C11H18N6/c1-3-16(4-2)10-9-7-15-17(6-5-12)11(9)14-8-13-10/h7-8H,3-6,12H2,1-2H3. The minimum absolute atomic E-state index is 0.557. The predicted molar refractivity (Wildman–Crippen MR) is 67.9 cm³/mol. The summed E-state index contributed by atoms with van der Waals surface area (Å²) in [6.45, 7) is 7.30. The van der Waals surface area contributed by atoms with Gasteiger partial charge in [0.15, 0.2) is 5.65 Å². The van der Waals surface area contributed by atoms with Crippen LogP contribution in [0.5, 0.6) is 0 Å². The zero-order valence-electron chi connectivity index (χ0n) is 10.3. The van der Waals surface area contributed by atoms with E-state index in [9.17, 15) is 0 Å². The number of rotatable bonds is 5. The second-order valence-electron chi connectivity index (χ2n) is 3.76. The lowest BCUT2D eigenvalue weighted by Crippen LogP contribution is -2.23. The lowest BCUT2D eigenvalue weighted by atomic mass is 10.3. The first-order chi connectivity index (χ1) is 8.31. The Morgan fingerprint density at radius 3 is 2.71 bits per heavy atom. The molecule has 2 aromatic rings. The molecule has 0 unspecified atom stereocenters. The van der Waals surface area contributed by atoms with Crippen molar-refractivity contribution < 1.29 is 0 Å². The number of hydrogen-bond donors (Lipinski definition) is 1. The summed E-state index contributed by atoms with van der Waals surface area (Å²) < 4.78 is 1.82. The van der Waals surface area contributed by atoms with Crippen molar-refractivity contribution in [2.75, 3.05) is 24.5 Å². The zero-order chi connectivity index (χ0) is 12.3. The summed E-state index contributed by atoms with van der Waals surface area (Å²) in [5, 5.41) is 5.29. The monoisotopic (exact) mass is 234 g/mol. The Kier molecular flexibility index (Phi) is 3.53. The molecule has 0 bridgehead atoms. The van der Waals surface area contributed by atoms with Gasteiger partial charge in [0, 0.05) is 19.6 Å². The number of nitrogens with zero attached hydrogens (tertiary/aromatic N) is 5. The van der Waals surface area contributed by atoms with Gasteiger partial charge in [-0.05, 0) is 13.8 Å². The molecule has 17 heavy (non-hydrogen) atoms. The number of hydrogen-bond acceptors (Lipinski definition) is 5. The third-order valence-electron chi connectivity index (χ3n) is 2.82. The molecule has 0 radical (unpaired) electrons. The summed E-state index contributed by atoms with van der Waals surface area (Å²) in [7, 11) is 0. The highest BCUT2D eigenvalue weighted by Gasteiger charge is 2.12. The van der Waals surface area contributed by atoms with E-state index < -0.39 is 0 Å². The van der Waals surface area contributed by atoms with Gasteiger partial charge in [0.1, 0.15) is 12.1 Å². The largest absolute Gasteiger partial charge is 0.356 e. The van der Waals surface area contributed by atoms with E-state index in [-0.39, 0.29) is 0 Å². The molecular weight excluding hydrogens is 216 g/mol. The maximum Gasteiger partial charge on any atom is 0.163 e. The summed E-state index contributed by atoms with van der Waals surface area (Å²) in [6, 6.07) is 0. The minimum atomic E-state index is 0.557. The highest BCUT2D eigenvalue weighted by Crippen LogP contribution is 2.21. The average molecular weight is 234 g/mol. The number of anilines is 1. The summed E-state index contributed by atoms with van der Waals surface area (Å²) in [4.78, 5) is 10.8. The Morgan fingerprint density at radius 2 is 2.06 bits per heavy atom. The van der Waals surface area contributed by atoms with Gasteiger partial charge >= 0.3 is 0 Å². The maximum atomic E-state index is 5.55. The lowest BCUT2D eigenvalue weighted by molar-refractivity contribution is 0.640. The second-order valence-corrected chi connectivity index (χ2v) is 3.76. The van der Waals surface area contributed by atoms with Crippen molar-refractivity contribution in [3.8, 4) is 0 Å². The van der Waals surface area contributed by atoms with Crippen molar-refractivity contribution in [1.29, 1.82) is 0 Å². The van der Waals surface area contributed by atoms with Crippen LogP contribution in [0, 0.1) is 0 Å². The molecule has 0 saturated carbocycles. The van der Waals surface area contributed by atoms with Gasteiger partial charge in [0.05, 0.1) is 18.1 Å². The van der Waals surface area contributed by atoms with Crippen molar-refractivity contribution >= 4 is 16.9 Å². The fourth-order valence-corrected chi connectivity index (χ4v) is 1.94. The molecule has 6 heteroatoms. The van der Waals surface area contributed by atoms with Gasteiger partial charge in [-0.15, -0.1) is 0 Å². The first kappa shape index (κ1) is 11.8.